The minimum atomic E-state index is -0.292. The van der Waals surface area contributed by atoms with Crippen LogP contribution in [0.3, 0.4) is 0 Å². The molecule has 0 aromatic carbocycles. The number of carbonyl (C=O) groups is 1. The number of nitrogens with zero attached hydrogens (tertiary/aromatic N) is 3. The van der Waals surface area contributed by atoms with Crippen molar-refractivity contribution in [3.05, 3.63) is 33.5 Å². The van der Waals surface area contributed by atoms with Crippen molar-refractivity contribution in [2.45, 2.75) is 53.1 Å². The lowest BCUT2D eigenvalue weighted by Gasteiger charge is -2.21. The monoisotopic (exact) mass is 420 g/mol. The number of aromatic nitrogens is 2. The van der Waals surface area contributed by atoms with Gasteiger partial charge in [-0.2, -0.15) is 5.10 Å². The van der Waals surface area contributed by atoms with E-state index in [2.05, 4.69) is 31.2 Å². The number of esters is 1. The molecular formula is C20H28N4O2S2. The zero-order valence-corrected chi connectivity index (χ0v) is 18.8. The van der Waals surface area contributed by atoms with E-state index in [0.717, 1.165) is 47.6 Å². The maximum absolute atomic E-state index is 12.4. The highest BCUT2D eigenvalue weighted by molar-refractivity contribution is 7.80. The molecule has 2 aromatic rings. The van der Waals surface area contributed by atoms with Crippen molar-refractivity contribution in [2.24, 2.45) is 5.92 Å². The number of carbonyl (C=O) groups excluding carboxylic acids is 1. The third-order valence-electron chi connectivity index (χ3n) is 5.38. The highest BCUT2D eigenvalue weighted by Gasteiger charge is 2.28. The van der Waals surface area contributed by atoms with Crippen molar-refractivity contribution in [1.82, 2.24) is 14.7 Å². The second-order valence-corrected chi connectivity index (χ2v) is 8.90. The summed E-state index contributed by atoms with van der Waals surface area (Å²) in [7, 11) is 3.38. The maximum atomic E-state index is 12.4. The first-order valence-electron chi connectivity index (χ1n) is 9.61. The van der Waals surface area contributed by atoms with E-state index in [1.807, 2.05) is 22.8 Å². The van der Waals surface area contributed by atoms with Crippen LogP contribution in [0.2, 0.25) is 0 Å². The predicted molar refractivity (Wildman–Crippen MR) is 117 cm³/mol. The number of nitrogens with one attached hydrogen (secondary N) is 1. The average molecular weight is 421 g/mol. The van der Waals surface area contributed by atoms with Gasteiger partial charge >= 0.3 is 5.97 Å². The predicted octanol–water partition coefficient (Wildman–Crippen LogP) is 4.01. The van der Waals surface area contributed by atoms with Crippen molar-refractivity contribution in [3.63, 3.8) is 0 Å². The smallest absolute Gasteiger partial charge is 0.341 e. The zero-order valence-electron chi connectivity index (χ0n) is 17.2. The van der Waals surface area contributed by atoms with Crippen LogP contribution in [0.1, 0.15) is 52.3 Å². The summed E-state index contributed by atoms with van der Waals surface area (Å²) >= 11 is 7.25. The summed E-state index contributed by atoms with van der Waals surface area (Å²) in [6, 6.07) is 0. The largest absolute Gasteiger partial charge is 0.465 e. The van der Waals surface area contributed by atoms with Gasteiger partial charge in [-0.15, -0.1) is 11.3 Å². The highest BCUT2D eigenvalue weighted by atomic mass is 32.1. The normalized spacial score (nSPS) is 15.8. The number of thiophene rings is 1. The van der Waals surface area contributed by atoms with Gasteiger partial charge in [-0.25, -0.2) is 4.79 Å². The number of anilines is 1. The first-order chi connectivity index (χ1) is 13.3. The van der Waals surface area contributed by atoms with Crippen LogP contribution in [0.4, 0.5) is 5.00 Å². The van der Waals surface area contributed by atoms with E-state index in [4.69, 9.17) is 17.0 Å². The molecule has 152 valence electrons. The molecule has 3 rings (SSSR count). The zero-order chi connectivity index (χ0) is 20.4. The van der Waals surface area contributed by atoms with Crippen molar-refractivity contribution >= 4 is 39.6 Å². The van der Waals surface area contributed by atoms with Gasteiger partial charge in [0.2, 0.25) is 0 Å². The Labute approximate surface area is 175 Å². The molecule has 2 heterocycles. The standard InChI is InChI=1S/C20H28N4O2S2/c1-6-24-13(3)14(10-21-24)11-23(4)20(27)22-18-17(19(25)26-5)15-8-7-12(2)9-16(15)28-18/h10,12H,6-9,11H2,1-5H3,(H,22,27)/t12-/m1/s1. The molecule has 0 bridgehead atoms. The Bertz CT molecular complexity index is 887. The molecule has 1 aliphatic rings. The van der Waals surface area contributed by atoms with Crippen LogP contribution < -0.4 is 5.32 Å². The fourth-order valence-corrected chi connectivity index (χ4v) is 5.27. The molecule has 1 atom stereocenters. The van der Waals surface area contributed by atoms with Gasteiger partial charge in [0.1, 0.15) is 5.00 Å². The number of rotatable bonds is 5. The number of thiocarbonyl (C=S) groups is 1. The molecule has 1 aliphatic carbocycles. The molecule has 0 saturated heterocycles. The number of aryl methyl sites for hydroxylation is 1. The van der Waals surface area contributed by atoms with E-state index in [9.17, 15) is 4.79 Å². The lowest BCUT2D eigenvalue weighted by Crippen LogP contribution is -2.31. The Morgan fingerprint density at radius 1 is 1.54 bits per heavy atom. The van der Waals surface area contributed by atoms with Crippen LogP contribution >= 0.6 is 23.6 Å². The summed E-state index contributed by atoms with van der Waals surface area (Å²) in [6.45, 7) is 7.91. The molecule has 0 fully saturated rings. The summed E-state index contributed by atoms with van der Waals surface area (Å²) in [5, 5.41) is 9.08. The number of hydrogen-bond acceptors (Lipinski definition) is 5. The molecule has 0 amide bonds. The second kappa shape index (κ2) is 8.61. The Balaban J connectivity index is 1.79. The van der Waals surface area contributed by atoms with Crippen LogP contribution in [0.5, 0.6) is 0 Å². The van der Waals surface area contributed by atoms with E-state index < -0.39 is 0 Å². The van der Waals surface area contributed by atoms with Crippen LogP contribution in [0.25, 0.3) is 0 Å². The van der Waals surface area contributed by atoms with Gasteiger partial charge in [-0.05, 0) is 56.8 Å². The van der Waals surface area contributed by atoms with Crippen LogP contribution in [0.15, 0.2) is 6.20 Å². The summed E-state index contributed by atoms with van der Waals surface area (Å²) in [5.41, 5.74) is 4.07. The Morgan fingerprint density at radius 3 is 2.93 bits per heavy atom. The Kier molecular flexibility index (Phi) is 6.40. The van der Waals surface area contributed by atoms with Crippen molar-refractivity contribution in [3.8, 4) is 0 Å². The lowest BCUT2D eigenvalue weighted by molar-refractivity contribution is 0.0601. The first kappa shape index (κ1) is 20.8. The maximum Gasteiger partial charge on any atom is 0.341 e. The van der Waals surface area contributed by atoms with E-state index in [1.165, 1.54) is 12.0 Å². The van der Waals surface area contributed by atoms with Gasteiger partial charge in [0, 0.05) is 36.3 Å². The number of hydrogen-bond donors (Lipinski definition) is 1. The number of methoxy groups -OCH3 is 1. The lowest BCUT2D eigenvalue weighted by atomic mass is 9.88. The molecule has 2 aromatic heterocycles. The summed E-state index contributed by atoms with van der Waals surface area (Å²) in [4.78, 5) is 15.7. The molecule has 1 N–H and O–H groups in total. The summed E-state index contributed by atoms with van der Waals surface area (Å²) in [5.74, 6) is 0.345. The Morgan fingerprint density at radius 2 is 2.29 bits per heavy atom. The minimum Gasteiger partial charge on any atom is -0.465 e. The first-order valence-corrected chi connectivity index (χ1v) is 10.8. The minimum absolute atomic E-state index is 0.292. The highest BCUT2D eigenvalue weighted by Crippen LogP contribution is 2.40. The van der Waals surface area contributed by atoms with Crippen molar-refractivity contribution < 1.29 is 9.53 Å². The third-order valence-corrected chi connectivity index (χ3v) is 6.96. The number of fused-ring (bicyclic) bond motifs is 1. The van der Waals surface area contributed by atoms with Crippen LogP contribution in [-0.4, -0.2) is 39.9 Å². The van der Waals surface area contributed by atoms with E-state index in [-0.39, 0.29) is 5.97 Å². The molecule has 0 saturated carbocycles. The van der Waals surface area contributed by atoms with Crippen LogP contribution in [-0.2, 0) is 30.7 Å². The molecule has 0 unspecified atom stereocenters. The molecule has 0 spiro atoms. The van der Waals surface area contributed by atoms with Crippen molar-refractivity contribution in [2.75, 3.05) is 19.5 Å². The van der Waals surface area contributed by atoms with Gasteiger partial charge in [0.15, 0.2) is 5.11 Å². The van der Waals surface area contributed by atoms with E-state index >= 15 is 0 Å². The third kappa shape index (κ3) is 4.07. The summed E-state index contributed by atoms with van der Waals surface area (Å²) < 4.78 is 7.03. The molecule has 8 heteroatoms. The fraction of sp³-hybridized carbons (Fsp3) is 0.550. The SMILES string of the molecule is CCn1ncc(CN(C)C(=S)Nc2sc3c(c2C(=O)OC)CC[C@@H](C)C3)c1C. The van der Waals surface area contributed by atoms with E-state index in [1.54, 1.807) is 11.3 Å². The molecular weight excluding hydrogens is 392 g/mol. The van der Waals surface area contributed by atoms with Gasteiger partial charge in [-0.3, -0.25) is 4.68 Å². The van der Waals surface area contributed by atoms with Gasteiger partial charge in [-0.1, -0.05) is 6.92 Å². The summed E-state index contributed by atoms with van der Waals surface area (Å²) in [6.07, 6.45) is 4.90. The molecule has 6 nitrogen and oxygen atoms in total. The molecule has 0 radical (unpaired) electrons. The van der Waals surface area contributed by atoms with Gasteiger partial charge in [0.05, 0.1) is 18.9 Å². The molecule has 0 aliphatic heterocycles. The van der Waals surface area contributed by atoms with E-state index in [0.29, 0.717) is 23.1 Å². The van der Waals surface area contributed by atoms with Crippen molar-refractivity contribution in [1.29, 1.82) is 0 Å². The quantitative estimate of drug-likeness (QED) is 0.583. The fourth-order valence-electron chi connectivity index (χ4n) is 3.64. The second-order valence-electron chi connectivity index (χ2n) is 7.40. The average Bonchev–Trinajstić information content (AvgIpc) is 3.20. The Hall–Kier alpha value is -1.93. The van der Waals surface area contributed by atoms with Gasteiger partial charge in [0.25, 0.3) is 0 Å². The van der Waals surface area contributed by atoms with Crippen LogP contribution in [0, 0.1) is 12.8 Å². The van der Waals surface area contributed by atoms with Gasteiger partial charge < -0.3 is 15.0 Å². The molecule has 28 heavy (non-hydrogen) atoms. The number of ether oxygens (including phenoxy) is 1. The topological polar surface area (TPSA) is 59.4 Å².